The number of nitriles is 1. The van der Waals surface area contributed by atoms with Crippen LogP contribution in [0.3, 0.4) is 0 Å². The number of hydrogen-bond donors (Lipinski definition) is 1. The highest BCUT2D eigenvalue weighted by Crippen LogP contribution is 2.12. The van der Waals surface area contributed by atoms with Crippen molar-refractivity contribution < 1.29 is 4.80 Å². The van der Waals surface area contributed by atoms with Gasteiger partial charge in [0, 0.05) is 5.92 Å². The minimum atomic E-state index is -1.96. The molecule has 0 aromatic carbocycles. The third-order valence-electron chi connectivity index (χ3n) is 1.03. The van der Waals surface area contributed by atoms with Gasteiger partial charge >= 0.3 is 0 Å². The molecule has 3 heteroatoms. The van der Waals surface area contributed by atoms with Gasteiger partial charge in [-0.1, -0.05) is 0 Å². The summed E-state index contributed by atoms with van der Waals surface area (Å²) in [6.45, 7) is 5.53. The molecule has 0 saturated carbocycles. The first-order chi connectivity index (χ1) is 3.95. The highest BCUT2D eigenvalue weighted by atomic mass is 28.4. The van der Waals surface area contributed by atoms with Gasteiger partial charge in [-0.2, -0.15) is 5.26 Å². The molecule has 0 spiro atoms. The minimum Gasteiger partial charge on any atom is -0.432 e. The Labute approximate surface area is 57.3 Å². The van der Waals surface area contributed by atoms with Crippen molar-refractivity contribution in [2.24, 2.45) is 5.92 Å². The topological polar surface area (TPSA) is 44.0 Å². The molecule has 1 unspecified atom stereocenters. The first-order valence-corrected chi connectivity index (χ1v) is 6.23. The third kappa shape index (κ3) is 5.54. The van der Waals surface area contributed by atoms with Crippen molar-refractivity contribution in [1.82, 2.24) is 0 Å². The maximum absolute atomic E-state index is 9.31. The highest BCUT2D eigenvalue weighted by Gasteiger charge is 2.19. The zero-order chi connectivity index (χ0) is 7.49. The first kappa shape index (κ1) is 8.67. The normalized spacial score (nSPS) is 14.6. The molecule has 0 heterocycles. The van der Waals surface area contributed by atoms with Gasteiger partial charge in [-0.25, -0.2) is 0 Å². The first-order valence-electron chi connectivity index (χ1n) is 3.08. The van der Waals surface area contributed by atoms with E-state index in [4.69, 9.17) is 5.26 Å². The lowest BCUT2D eigenvalue weighted by atomic mass is 10.3. The summed E-state index contributed by atoms with van der Waals surface area (Å²) < 4.78 is 0. The molecule has 0 aliphatic rings. The molecule has 0 radical (unpaired) electrons. The maximum atomic E-state index is 9.31. The molecule has 0 aliphatic carbocycles. The largest absolute Gasteiger partial charge is 0.432 e. The van der Waals surface area contributed by atoms with Crippen LogP contribution in [-0.2, 0) is 0 Å². The Hall–Kier alpha value is -0.333. The van der Waals surface area contributed by atoms with Gasteiger partial charge in [-0.05, 0) is 26.1 Å². The molecule has 0 rings (SSSR count). The van der Waals surface area contributed by atoms with E-state index in [1.54, 1.807) is 0 Å². The molecule has 1 N–H and O–H groups in total. The predicted molar refractivity (Wildman–Crippen MR) is 39.3 cm³/mol. The molecule has 1 atom stereocenters. The fourth-order valence-corrected chi connectivity index (χ4v) is 2.38. The van der Waals surface area contributed by atoms with Gasteiger partial charge in [0.2, 0.25) is 0 Å². The summed E-state index contributed by atoms with van der Waals surface area (Å²) in [6, 6.07) is 2.78. The van der Waals surface area contributed by atoms with Crippen molar-refractivity contribution in [2.45, 2.75) is 26.1 Å². The van der Waals surface area contributed by atoms with Gasteiger partial charge in [0.25, 0.3) is 0 Å². The second-order valence-electron chi connectivity index (χ2n) is 3.05. The summed E-state index contributed by atoms with van der Waals surface area (Å²) in [5, 5.41) is 8.36. The highest BCUT2D eigenvalue weighted by molar-refractivity contribution is 6.69. The van der Waals surface area contributed by atoms with E-state index in [1.165, 1.54) is 0 Å². The predicted octanol–water partition coefficient (Wildman–Crippen LogP) is 1.34. The van der Waals surface area contributed by atoms with Crippen LogP contribution in [0.2, 0.25) is 19.1 Å². The van der Waals surface area contributed by atoms with Crippen molar-refractivity contribution in [3.05, 3.63) is 0 Å². The summed E-state index contributed by atoms with van der Waals surface area (Å²) in [4.78, 5) is 9.31. The third-order valence-corrected chi connectivity index (χ3v) is 2.64. The zero-order valence-corrected chi connectivity index (χ0v) is 7.18. The van der Waals surface area contributed by atoms with Crippen molar-refractivity contribution in [3.63, 3.8) is 0 Å². The van der Waals surface area contributed by atoms with Crippen molar-refractivity contribution in [3.8, 4) is 6.07 Å². The van der Waals surface area contributed by atoms with Crippen LogP contribution >= 0.6 is 0 Å². The Balaban J connectivity index is 3.63. The van der Waals surface area contributed by atoms with Crippen LogP contribution in [0.1, 0.15) is 6.92 Å². The smallest absolute Gasteiger partial charge is 0.183 e. The molecule has 0 aromatic heterocycles. The molecule has 0 saturated heterocycles. The summed E-state index contributed by atoms with van der Waals surface area (Å²) in [5.41, 5.74) is 0. The Morgan fingerprint density at radius 1 is 1.67 bits per heavy atom. The average Bonchev–Trinajstić information content (AvgIpc) is 1.62. The lowest BCUT2D eigenvalue weighted by molar-refractivity contribution is 0.536. The van der Waals surface area contributed by atoms with E-state index in [1.807, 2.05) is 20.0 Å². The Bertz CT molecular complexity index is 122. The maximum Gasteiger partial charge on any atom is 0.183 e. The van der Waals surface area contributed by atoms with Crippen LogP contribution in [-0.4, -0.2) is 13.1 Å². The van der Waals surface area contributed by atoms with Gasteiger partial charge in [0.05, 0.1) is 6.07 Å². The standard InChI is InChI=1S/C6H13NOSi/c1-6(4-7)5-9(2,3)8/h6,8H,5H2,1-3H3. The second-order valence-corrected chi connectivity index (χ2v) is 7.08. The molecule has 9 heavy (non-hydrogen) atoms. The van der Waals surface area contributed by atoms with Gasteiger partial charge in [-0.15, -0.1) is 0 Å². The minimum absolute atomic E-state index is 0.0108. The molecule has 0 fully saturated rings. The van der Waals surface area contributed by atoms with Crippen LogP contribution < -0.4 is 0 Å². The molecular formula is C6H13NOSi. The molecule has 0 aromatic rings. The fraction of sp³-hybridized carbons (Fsp3) is 0.833. The molecule has 2 nitrogen and oxygen atoms in total. The van der Waals surface area contributed by atoms with Crippen LogP contribution in [0.4, 0.5) is 0 Å². The van der Waals surface area contributed by atoms with Crippen molar-refractivity contribution in [1.29, 1.82) is 5.26 Å². The lowest BCUT2D eigenvalue weighted by Gasteiger charge is -2.13. The molecular weight excluding hydrogens is 130 g/mol. The average molecular weight is 143 g/mol. The van der Waals surface area contributed by atoms with Crippen LogP contribution in [0.5, 0.6) is 0 Å². The van der Waals surface area contributed by atoms with Gasteiger partial charge in [0.15, 0.2) is 8.32 Å². The molecule has 0 amide bonds. The number of rotatable bonds is 2. The summed E-state index contributed by atoms with van der Waals surface area (Å²) in [5.74, 6) is 0.0108. The summed E-state index contributed by atoms with van der Waals surface area (Å²) in [6.07, 6.45) is 0. The van der Waals surface area contributed by atoms with Crippen molar-refractivity contribution >= 4 is 8.32 Å². The quantitative estimate of drug-likeness (QED) is 0.593. The van der Waals surface area contributed by atoms with E-state index in [9.17, 15) is 4.80 Å². The number of nitrogens with zero attached hydrogens (tertiary/aromatic N) is 1. The van der Waals surface area contributed by atoms with E-state index >= 15 is 0 Å². The molecule has 0 aliphatic heterocycles. The van der Waals surface area contributed by atoms with E-state index in [-0.39, 0.29) is 5.92 Å². The van der Waals surface area contributed by atoms with Gasteiger partial charge in [0.1, 0.15) is 0 Å². The summed E-state index contributed by atoms with van der Waals surface area (Å²) in [7, 11) is -1.96. The monoisotopic (exact) mass is 143 g/mol. The Kier molecular flexibility index (Phi) is 2.88. The van der Waals surface area contributed by atoms with E-state index in [2.05, 4.69) is 6.07 Å². The van der Waals surface area contributed by atoms with Crippen LogP contribution in [0.25, 0.3) is 0 Å². The SMILES string of the molecule is CC(C#N)C[Si](C)(C)O. The van der Waals surface area contributed by atoms with E-state index < -0.39 is 8.32 Å². The van der Waals surface area contributed by atoms with E-state index in [0.29, 0.717) is 6.04 Å². The van der Waals surface area contributed by atoms with Crippen LogP contribution in [0, 0.1) is 17.2 Å². The van der Waals surface area contributed by atoms with Crippen molar-refractivity contribution in [2.75, 3.05) is 0 Å². The second kappa shape index (κ2) is 2.99. The van der Waals surface area contributed by atoms with Gasteiger partial charge < -0.3 is 4.80 Å². The molecule has 0 bridgehead atoms. The fourth-order valence-electron chi connectivity index (χ4n) is 0.795. The zero-order valence-electron chi connectivity index (χ0n) is 6.18. The Morgan fingerprint density at radius 2 is 2.11 bits per heavy atom. The Morgan fingerprint density at radius 3 is 2.22 bits per heavy atom. The van der Waals surface area contributed by atoms with E-state index in [0.717, 1.165) is 0 Å². The van der Waals surface area contributed by atoms with Crippen LogP contribution in [0.15, 0.2) is 0 Å². The van der Waals surface area contributed by atoms with Gasteiger partial charge in [-0.3, -0.25) is 0 Å². The summed E-state index contributed by atoms with van der Waals surface area (Å²) >= 11 is 0. The molecule has 52 valence electrons. The number of hydrogen-bond acceptors (Lipinski definition) is 2. The lowest BCUT2D eigenvalue weighted by Crippen LogP contribution is -2.26.